The van der Waals surface area contributed by atoms with Crippen LogP contribution in [0.1, 0.15) is 26.3 Å². The molecule has 0 aromatic heterocycles. The van der Waals surface area contributed by atoms with Crippen molar-refractivity contribution in [3.8, 4) is 5.75 Å². The number of halogens is 3. The summed E-state index contributed by atoms with van der Waals surface area (Å²) in [5.41, 5.74) is 0.240. The van der Waals surface area contributed by atoms with Crippen LogP contribution in [0.25, 0.3) is 0 Å². The van der Waals surface area contributed by atoms with Crippen LogP contribution in [0.15, 0.2) is 24.3 Å². The number of alkyl halides is 3. The van der Waals surface area contributed by atoms with Crippen LogP contribution in [0.5, 0.6) is 5.75 Å². The highest BCUT2D eigenvalue weighted by Gasteiger charge is 2.32. The fourth-order valence-electron chi connectivity index (χ4n) is 1.61. The first-order chi connectivity index (χ1) is 10.2. The maximum absolute atomic E-state index is 12.3. The van der Waals surface area contributed by atoms with Gasteiger partial charge in [0.25, 0.3) is 0 Å². The fourth-order valence-corrected chi connectivity index (χ4v) is 1.61. The predicted molar refractivity (Wildman–Crippen MR) is 75.2 cm³/mol. The maximum Gasteiger partial charge on any atom is 0.573 e. The largest absolute Gasteiger partial charge is 0.573 e. The Labute approximate surface area is 127 Å². The molecule has 124 valence electrons. The maximum atomic E-state index is 12.3. The Hall–Kier alpha value is -1.76. The lowest BCUT2D eigenvalue weighted by Crippen LogP contribution is -2.35. The number of hydrogen-bond donors (Lipinski definition) is 1. The van der Waals surface area contributed by atoms with Crippen molar-refractivity contribution in [1.82, 2.24) is 5.32 Å². The van der Waals surface area contributed by atoms with Gasteiger partial charge in [-0.15, -0.1) is 13.2 Å². The van der Waals surface area contributed by atoms with Crippen LogP contribution in [0.3, 0.4) is 0 Å². The third-order valence-corrected chi connectivity index (χ3v) is 2.70. The van der Waals surface area contributed by atoms with E-state index in [-0.39, 0.29) is 29.7 Å². The standard InChI is InChI=1S/C15H20F3NO3/c1-10(2)9-21-11(3)14(20)19-8-12-6-4-5-7-13(12)22-15(16,17)18/h4-7,10-11H,8-9H2,1-3H3,(H,19,20)/t11-/m1/s1. The fraction of sp³-hybridized carbons (Fsp3) is 0.533. The van der Waals surface area contributed by atoms with Crippen LogP contribution >= 0.6 is 0 Å². The predicted octanol–water partition coefficient (Wildman–Crippen LogP) is 3.26. The van der Waals surface area contributed by atoms with Crippen LogP contribution in [-0.2, 0) is 16.1 Å². The minimum absolute atomic E-state index is 0.0690. The Morgan fingerprint density at radius 3 is 2.45 bits per heavy atom. The first-order valence-electron chi connectivity index (χ1n) is 6.92. The number of ether oxygens (including phenoxy) is 2. The lowest BCUT2D eigenvalue weighted by molar-refractivity contribution is -0.274. The van der Waals surface area contributed by atoms with E-state index in [1.807, 2.05) is 13.8 Å². The molecule has 1 atom stereocenters. The van der Waals surface area contributed by atoms with E-state index in [0.29, 0.717) is 6.61 Å². The molecule has 0 saturated carbocycles. The average Bonchev–Trinajstić information content (AvgIpc) is 2.41. The summed E-state index contributed by atoms with van der Waals surface area (Å²) in [7, 11) is 0. The van der Waals surface area contributed by atoms with Crippen molar-refractivity contribution < 1.29 is 27.4 Å². The second-order valence-corrected chi connectivity index (χ2v) is 5.24. The van der Waals surface area contributed by atoms with Crippen molar-refractivity contribution in [2.75, 3.05) is 6.61 Å². The SMILES string of the molecule is CC(C)CO[C@H](C)C(=O)NCc1ccccc1OC(F)(F)F. The van der Waals surface area contributed by atoms with E-state index in [4.69, 9.17) is 4.74 Å². The molecular weight excluding hydrogens is 299 g/mol. The van der Waals surface area contributed by atoms with Crippen molar-refractivity contribution in [1.29, 1.82) is 0 Å². The number of hydrogen-bond acceptors (Lipinski definition) is 3. The number of benzene rings is 1. The molecular formula is C15H20F3NO3. The summed E-state index contributed by atoms with van der Waals surface area (Å²) < 4.78 is 46.1. The van der Waals surface area contributed by atoms with Crippen LogP contribution < -0.4 is 10.1 Å². The first-order valence-corrected chi connectivity index (χ1v) is 6.92. The molecule has 0 aliphatic heterocycles. The summed E-state index contributed by atoms with van der Waals surface area (Å²) in [5.74, 6) is -0.426. The normalized spacial score (nSPS) is 13.0. The molecule has 0 aliphatic rings. The van der Waals surface area contributed by atoms with Crippen LogP contribution in [0.2, 0.25) is 0 Å². The second-order valence-electron chi connectivity index (χ2n) is 5.24. The molecule has 22 heavy (non-hydrogen) atoms. The summed E-state index contributed by atoms with van der Waals surface area (Å²) in [4.78, 5) is 11.8. The zero-order valence-corrected chi connectivity index (χ0v) is 12.7. The van der Waals surface area contributed by atoms with Gasteiger partial charge in [0.15, 0.2) is 0 Å². The van der Waals surface area contributed by atoms with E-state index in [1.165, 1.54) is 18.2 Å². The summed E-state index contributed by atoms with van der Waals surface area (Å²) in [6.07, 6.45) is -5.44. The Morgan fingerprint density at radius 2 is 1.86 bits per heavy atom. The molecule has 0 bridgehead atoms. The van der Waals surface area contributed by atoms with Crippen LogP contribution in [0.4, 0.5) is 13.2 Å². The number of carbonyl (C=O) groups excluding carboxylic acids is 1. The van der Waals surface area contributed by atoms with Crippen LogP contribution in [0, 0.1) is 5.92 Å². The third-order valence-electron chi connectivity index (χ3n) is 2.70. The van der Waals surface area contributed by atoms with Crippen molar-refractivity contribution >= 4 is 5.91 Å². The summed E-state index contributed by atoms with van der Waals surface area (Å²) in [6, 6.07) is 5.67. The smallest absolute Gasteiger partial charge is 0.405 e. The van der Waals surface area contributed by atoms with Gasteiger partial charge in [0.1, 0.15) is 11.9 Å². The van der Waals surface area contributed by atoms with E-state index in [0.717, 1.165) is 0 Å². The summed E-state index contributed by atoms with van der Waals surface area (Å²) in [5, 5.41) is 2.54. The topological polar surface area (TPSA) is 47.6 Å². The van der Waals surface area contributed by atoms with E-state index < -0.39 is 12.5 Å². The summed E-state index contributed by atoms with van der Waals surface area (Å²) in [6.45, 7) is 5.86. The van der Waals surface area contributed by atoms with Gasteiger partial charge < -0.3 is 14.8 Å². The Bertz CT molecular complexity index is 489. The molecule has 0 spiro atoms. The molecule has 1 N–H and O–H groups in total. The third kappa shape index (κ3) is 6.80. The van der Waals surface area contributed by atoms with Crippen molar-refractivity contribution in [3.63, 3.8) is 0 Å². The molecule has 1 amide bonds. The molecule has 0 heterocycles. The van der Waals surface area contributed by atoms with E-state index in [2.05, 4.69) is 10.1 Å². The number of para-hydroxylation sites is 1. The van der Waals surface area contributed by atoms with Gasteiger partial charge >= 0.3 is 6.36 Å². The highest BCUT2D eigenvalue weighted by Crippen LogP contribution is 2.26. The van der Waals surface area contributed by atoms with Crippen molar-refractivity contribution in [2.45, 2.75) is 39.8 Å². The monoisotopic (exact) mass is 319 g/mol. The van der Waals surface area contributed by atoms with E-state index >= 15 is 0 Å². The highest BCUT2D eigenvalue weighted by molar-refractivity contribution is 5.80. The second kappa shape index (κ2) is 8.03. The Morgan fingerprint density at radius 1 is 1.23 bits per heavy atom. The molecule has 1 aromatic rings. The number of amides is 1. The van der Waals surface area contributed by atoms with Gasteiger partial charge in [-0.2, -0.15) is 0 Å². The number of rotatable bonds is 7. The lowest BCUT2D eigenvalue weighted by Gasteiger charge is -2.16. The van der Waals surface area contributed by atoms with Gasteiger partial charge in [-0.3, -0.25) is 4.79 Å². The lowest BCUT2D eigenvalue weighted by atomic mass is 10.2. The number of nitrogens with one attached hydrogen (secondary N) is 1. The van der Waals surface area contributed by atoms with Gasteiger partial charge in [0, 0.05) is 18.7 Å². The molecule has 0 aliphatic carbocycles. The molecule has 0 fully saturated rings. The molecule has 0 saturated heterocycles. The first kappa shape index (κ1) is 18.3. The minimum atomic E-state index is -4.77. The van der Waals surface area contributed by atoms with Gasteiger partial charge in [-0.25, -0.2) is 0 Å². The van der Waals surface area contributed by atoms with Crippen LogP contribution in [-0.4, -0.2) is 25.0 Å². The molecule has 4 nitrogen and oxygen atoms in total. The zero-order valence-electron chi connectivity index (χ0n) is 12.7. The summed E-state index contributed by atoms with van der Waals surface area (Å²) >= 11 is 0. The quantitative estimate of drug-likeness (QED) is 0.839. The van der Waals surface area contributed by atoms with E-state index in [9.17, 15) is 18.0 Å². The van der Waals surface area contributed by atoms with Gasteiger partial charge in [0.2, 0.25) is 5.91 Å². The molecule has 1 rings (SSSR count). The van der Waals surface area contributed by atoms with Gasteiger partial charge in [-0.1, -0.05) is 32.0 Å². The molecule has 0 radical (unpaired) electrons. The van der Waals surface area contributed by atoms with Crippen molar-refractivity contribution in [3.05, 3.63) is 29.8 Å². The minimum Gasteiger partial charge on any atom is -0.405 e. The Balaban J connectivity index is 2.59. The van der Waals surface area contributed by atoms with Gasteiger partial charge in [-0.05, 0) is 18.9 Å². The highest BCUT2D eigenvalue weighted by atomic mass is 19.4. The zero-order chi connectivity index (χ0) is 16.8. The molecule has 7 heteroatoms. The molecule has 0 unspecified atom stereocenters. The van der Waals surface area contributed by atoms with Crippen molar-refractivity contribution in [2.24, 2.45) is 5.92 Å². The number of carbonyl (C=O) groups is 1. The average molecular weight is 319 g/mol. The molecule has 1 aromatic carbocycles. The Kier molecular flexibility index (Phi) is 6.67. The van der Waals surface area contributed by atoms with Gasteiger partial charge in [0.05, 0.1) is 0 Å². The van der Waals surface area contributed by atoms with E-state index in [1.54, 1.807) is 13.0 Å².